The van der Waals surface area contributed by atoms with Crippen LogP contribution in [0.1, 0.15) is 37.2 Å². The van der Waals surface area contributed by atoms with E-state index in [9.17, 15) is 19.2 Å². The molecule has 0 aliphatic carbocycles. The van der Waals surface area contributed by atoms with Crippen LogP contribution < -0.4 is 16.8 Å². The number of primary amides is 1. The number of nitrogens with two attached hydrogens (primary N) is 2. The number of alkyl carbamates (subject to hydrolysis) is 1. The topological polar surface area (TPSA) is 159 Å². The molecule has 2 unspecified atom stereocenters. The zero-order valence-electron chi connectivity index (χ0n) is 15.8. The van der Waals surface area contributed by atoms with Gasteiger partial charge in [-0.25, -0.2) is 19.4 Å². The number of nitrogens with one attached hydrogen (secondary N) is 1. The number of cyclic esters (lactones) is 1. The third-order valence-electron chi connectivity index (χ3n) is 5.61. The minimum Gasteiger partial charge on any atom is -0.444 e. The standard InChI is InChI=1S/C17H24N6O5/c1-9-4-3-5-23(9,16(19)26)15(25)12(18)6-11-7-22(8-20-11)14(24)13-10(2)28-17(27)21-13/h7-10,12-13H,3-6,18H2,1-2H3,(H2-,19,21,26,27)/p+1/t9-,10?,12+,13?,23-/m1/s1. The van der Waals surface area contributed by atoms with E-state index in [1.54, 1.807) is 6.92 Å². The molecule has 28 heavy (non-hydrogen) atoms. The molecule has 11 nitrogen and oxygen atoms in total. The lowest BCUT2D eigenvalue weighted by atomic mass is 10.1. The average molecular weight is 393 g/mol. The lowest BCUT2D eigenvalue weighted by molar-refractivity contribution is -0.784. The molecule has 3 heterocycles. The summed E-state index contributed by atoms with van der Waals surface area (Å²) in [5.74, 6) is -0.853. The van der Waals surface area contributed by atoms with Gasteiger partial charge in [0.25, 0.3) is 5.91 Å². The maximum absolute atomic E-state index is 12.9. The molecule has 1 aromatic heterocycles. The van der Waals surface area contributed by atoms with Crippen molar-refractivity contribution in [2.45, 2.75) is 57.3 Å². The Balaban J connectivity index is 1.71. The van der Waals surface area contributed by atoms with E-state index < -0.39 is 46.6 Å². The second-order valence-corrected chi connectivity index (χ2v) is 7.41. The minimum atomic E-state index is -0.986. The highest BCUT2D eigenvalue weighted by molar-refractivity contribution is 5.90. The Morgan fingerprint density at radius 1 is 1.43 bits per heavy atom. The molecule has 2 saturated heterocycles. The van der Waals surface area contributed by atoms with E-state index in [1.165, 1.54) is 17.1 Å². The molecular weight excluding hydrogens is 368 g/mol. The molecule has 3 rings (SSSR count). The summed E-state index contributed by atoms with van der Waals surface area (Å²) in [4.78, 5) is 52.8. The van der Waals surface area contributed by atoms with Crippen LogP contribution in [0.15, 0.2) is 12.5 Å². The Labute approximate surface area is 161 Å². The van der Waals surface area contributed by atoms with Gasteiger partial charge in [0.15, 0.2) is 0 Å². The second kappa shape index (κ2) is 7.32. The summed E-state index contributed by atoms with van der Waals surface area (Å²) in [6, 6.07) is -2.72. The summed E-state index contributed by atoms with van der Waals surface area (Å²) < 4.78 is 5.67. The molecule has 2 fully saturated rings. The summed E-state index contributed by atoms with van der Waals surface area (Å²) in [7, 11) is 0. The molecule has 4 amide bonds. The van der Waals surface area contributed by atoms with E-state index in [0.717, 1.165) is 12.8 Å². The number of amides is 4. The van der Waals surface area contributed by atoms with Crippen LogP contribution in [0.3, 0.4) is 0 Å². The number of hydrogen-bond acceptors (Lipinski definition) is 7. The van der Waals surface area contributed by atoms with Gasteiger partial charge < -0.3 is 21.5 Å². The van der Waals surface area contributed by atoms with E-state index in [2.05, 4.69) is 10.3 Å². The van der Waals surface area contributed by atoms with E-state index in [4.69, 9.17) is 16.2 Å². The number of imide groups is 1. The van der Waals surface area contributed by atoms with Crippen LogP contribution in [-0.4, -0.2) is 68.7 Å². The number of quaternary nitrogens is 1. The normalized spacial score (nSPS) is 30.5. The lowest BCUT2D eigenvalue weighted by Crippen LogP contribution is -2.65. The molecule has 11 heteroatoms. The Morgan fingerprint density at radius 2 is 2.14 bits per heavy atom. The van der Waals surface area contributed by atoms with Gasteiger partial charge in [-0.3, -0.25) is 9.36 Å². The second-order valence-electron chi connectivity index (χ2n) is 7.41. The van der Waals surface area contributed by atoms with Crippen LogP contribution in [-0.2, 0) is 16.0 Å². The number of carbonyl (C=O) groups is 4. The van der Waals surface area contributed by atoms with Crippen molar-refractivity contribution >= 4 is 23.9 Å². The van der Waals surface area contributed by atoms with E-state index in [1.807, 2.05) is 6.92 Å². The molecule has 1 aromatic rings. The highest BCUT2D eigenvalue weighted by Crippen LogP contribution is 2.28. The van der Waals surface area contributed by atoms with Crippen molar-refractivity contribution in [2.75, 3.05) is 6.54 Å². The molecule has 5 N–H and O–H groups in total. The summed E-state index contributed by atoms with van der Waals surface area (Å²) in [5, 5.41) is 2.44. The first-order valence-electron chi connectivity index (χ1n) is 9.18. The fraction of sp³-hybridized carbons (Fsp3) is 0.588. The molecular formula is C17H25N6O5+. The van der Waals surface area contributed by atoms with Crippen LogP contribution in [0, 0.1) is 0 Å². The Hall–Kier alpha value is -2.79. The third-order valence-corrected chi connectivity index (χ3v) is 5.61. The van der Waals surface area contributed by atoms with Gasteiger partial charge in [-0.05, 0) is 13.8 Å². The predicted molar refractivity (Wildman–Crippen MR) is 95.8 cm³/mol. The van der Waals surface area contributed by atoms with Crippen LogP contribution in [0.25, 0.3) is 0 Å². The number of nitrogens with zero attached hydrogens (tertiary/aromatic N) is 3. The van der Waals surface area contributed by atoms with Gasteiger partial charge in [0.1, 0.15) is 30.6 Å². The Bertz CT molecular complexity index is 823. The minimum absolute atomic E-state index is 0.0577. The van der Waals surface area contributed by atoms with Gasteiger partial charge in [0, 0.05) is 25.5 Å². The first kappa shape index (κ1) is 20.0. The van der Waals surface area contributed by atoms with Crippen molar-refractivity contribution < 1.29 is 28.4 Å². The smallest absolute Gasteiger partial charge is 0.421 e. The molecule has 5 atom stereocenters. The number of aromatic nitrogens is 2. The number of hydrogen-bond donors (Lipinski definition) is 3. The highest BCUT2D eigenvalue weighted by Gasteiger charge is 2.53. The van der Waals surface area contributed by atoms with Crippen molar-refractivity contribution in [1.82, 2.24) is 14.9 Å². The largest absolute Gasteiger partial charge is 0.444 e. The van der Waals surface area contributed by atoms with Crippen molar-refractivity contribution in [3.63, 3.8) is 0 Å². The molecule has 0 saturated carbocycles. The number of likely N-dealkylation sites (tertiary alicyclic amines) is 1. The van der Waals surface area contributed by atoms with Gasteiger partial charge >= 0.3 is 18.0 Å². The molecule has 0 radical (unpaired) electrons. The maximum atomic E-state index is 12.9. The van der Waals surface area contributed by atoms with Crippen molar-refractivity contribution in [3.8, 4) is 0 Å². The monoisotopic (exact) mass is 393 g/mol. The average Bonchev–Trinajstić information content (AvgIpc) is 3.33. The number of carbonyl (C=O) groups excluding carboxylic acids is 4. The maximum Gasteiger partial charge on any atom is 0.421 e. The van der Waals surface area contributed by atoms with Crippen LogP contribution in [0.4, 0.5) is 9.59 Å². The zero-order valence-corrected chi connectivity index (χ0v) is 15.8. The molecule has 0 bridgehead atoms. The summed E-state index contributed by atoms with van der Waals surface area (Å²) in [6.07, 6.45) is 2.99. The quantitative estimate of drug-likeness (QED) is 0.581. The fourth-order valence-corrected chi connectivity index (χ4v) is 3.98. The third kappa shape index (κ3) is 3.27. The first-order valence-corrected chi connectivity index (χ1v) is 9.18. The molecule has 2 aliphatic rings. The Morgan fingerprint density at radius 3 is 2.68 bits per heavy atom. The van der Waals surface area contributed by atoms with E-state index >= 15 is 0 Å². The molecule has 2 aliphatic heterocycles. The number of ether oxygens (including phenoxy) is 1. The molecule has 152 valence electrons. The van der Waals surface area contributed by atoms with Gasteiger partial charge in [-0.15, -0.1) is 0 Å². The van der Waals surface area contributed by atoms with E-state index in [0.29, 0.717) is 12.2 Å². The Kier molecular flexibility index (Phi) is 5.22. The summed E-state index contributed by atoms with van der Waals surface area (Å²) in [5.41, 5.74) is 12.0. The SMILES string of the molecule is CC1OC(=O)NC1C(=O)n1cnc(C[C@H](N)C(=O)[N@@+]2(C(N)=O)CCC[C@H]2C)c1. The zero-order chi connectivity index (χ0) is 20.6. The highest BCUT2D eigenvalue weighted by atomic mass is 16.6. The summed E-state index contributed by atoms with van der Waals surface area (Å²) in [6.45, 7) is 3.76. The van der Waals surface area contributed by atoms with Gasteiger partial charge in [-0.1, -0.05) is 0 Å². The van der Waals surface area contributed by atoms with Crippen molar-refractivity contribution in [2.24, 2.45) is 11.5 Å². The predicted octanol–water partition coefficient (Wildman–Crippen LogP) is -0.506. The van der Waals surface area contributed by atoms with Crippen LogP contribution in [0.2, 0.25) is 0 Å². The number of imidazole rings is 1. The molecule has 0 aromatic carbocycles. The van der Waals surface area contributed by atoms with Gasteiger partial charge in [0.2, 0.25) is 0 Å². The van der Waals surface area contributed by atoms with Crippen molar-refractivity contribution in [3.05, 3.63) is 18.2 Å². The lowest BCUT2D eigenvalue weighted by Gasteiger charge is -2.32. The van der Waals surface area contributed by atoms with Gasteiger partial charge in [0.05, 0.1) is 12.2 Å². The molecule has 0 spiro atoms. The van der Waals surface area contributed by atoms with Crippen molar-refractivity contribution in [1.29, 1.82) is 0 Å². The van der Waals surface area contributed by atoms with E-state index in [-0.39, 0.29) is 12.5 Å². The van der Waals surface area contributed by atoms with Crippen LogP contribution >= 0.6 is 0 Å². The summed E-state index contributed by atoms with van der Waals surface area (Å²) >= 11 is 0. The fourth-order valence-electron chi connectivity index (χ4n) is 3.98. The number of rotatable bonds is 4. The van der Waals surface area contributed by atoms with Crippen LogP contribution in [0.5, 0.6) is 0 Å². The first-order chi connectivity index (χ1) is 13.2. The number of urea groups is 1. The van der Waals surface area contributed by atoms with Gasteiger partial charge in [-0.2, -0.15) is 4.48 Å².